The topological polar surface area (TPSA) is 113 Å². The predicted molar refractivity (Wildman–Crippen MR) is 180 cm³/mol. The van der Waals surface area contributed by atoms with Crippen molar-refractivity contribution in [1.29, 1.82) is 5.26 Å². The first-order chi connectivity index (χ1) is 22.8. The highest BCUT2D eigenvalue weighted by atomic mass is 35.5. The molecular weight excluding hydrogens is 664 g/mol. The average Bonchev–Trinajstić information content (AvgIpc) is 3.69. The molecule has 1 atom stereocenters. The molecule has 0 aliphatic carbocycles. The van der Waals surface area contributed by atoms with E-state index in [0.717, 1.165) is 36.2 Å². The Hall–Kier alpha value is -4.38. The molecule has 10 nitrogen and oxygen atoms in total. The van der Waals surface area contributed by atoms with Crippen molar-refractivity contribution in [3.63, 3.8) is 0 Å². The van der Waals surface area contributed by atoms with Crippen LogP contribution in [0.4, 0.5) is 30.4 Å². The number of piperidine rings is 1. The summed E-state index contributed by atoms with van der Waals surface area (Å²) in [4.78, 5) is 7.06. The van der Waals surface area contributed by atoms with Gasteiger partial charge in [0.2, 0.25) is 0 Å². The number of rotatable bonds is 8. The zero-order valence-corrected chi connectivity index (χ0v) is 27.9. The molecule has 1 aliphatic heterocycles. The van der Waals surface area contributed by atoms with Crippen molar-refractivity contribution in [2.75, 3.05) is 23.7 Å². The van der Waals surface area contributed by atoms with E-state index in [-0.39, 0.29) is 23.0 Å². The lowest BCUT2D eigenvalue weighted by molar-refractivity contribution is -0.142. The number of nitriles is 1. The minimum atomic E-state index is -4.44. The monoisotopic (exact) mass is 696 g/mol. The lowest BCUT2D eigenvalue weighted by atomic mass is 9.98. The van der Waals surface area contributed by atoms with Crippen LogP contribution in [0.15, 0.2) is 61.1 Å². The van der Waals surface area contributed by atoms with Crippen molar-refractivity contribution in [2.24, 2.45) is 0 Å². The number of nitrogens with zero attached hydrogens (tertiary/aromatic N) is 8. The van der Waals surface area contributed by atoms with E-state index >= 15 is 0 Å². The van der Waals surface area contributed by atoms with Gasteiger partial charge in [0.25, 0.3) is 0 Å². The van der Waals surface area contributed by atoms with E-state index in [9.17, 15) is 18.4 Å². The summed E-state index contributed by atoms with van der Waals surface area (Å²) >= 11 is 12.9. The normalized spacial score (nSPS) is 15.4. The highest BCUT2D eigenvalue weighted by molar-refractivity contribution is 6.32. The summed E-state index contributed by atoms with van der Waals surface area (Å²) in [7, 11) is 0. The van der Waals surface area contributed by atoms with Crippen LogP contribution in [0.1, 0.15) is 62.5 Å². The van der Waals surface area contributed by atoms with Gasteiger partial charge in [-0.15, -0.1) is 5.10 Å². The molecule has 0 spiro atoms. The molecule has 1 fully saturated rings. The molecule has 48 heavy (non-hydrogen) atoms. The van der Waals surface area contributed by atoms with Gasteiger partial charge in [0.05, 0.1) is 40.7 Å². The van der Waals surface area contributed by atoms with Gasteiger partial charge in [0.15, 0.2) is 5.82 Å². The third kappa shape index (κ3) is 7.51. The third-order valence-corrected chi connectivity index (χ3v) is 8.88. The summed E-state index contributed by atoms with van der Waals surface area (Å²) in [6.07, 6.45) is 2.04. The van der Waals surface area contributed by atoms with Crippen molar-refractivity contribution in [3.8, 4) is 6.07 Å². The molecule has 15 heteroatoms. The SMILES string of the molecule is CC(C)(C)N1CCC(n2cc([C@@H](Nc3cc(Cl)cc4c(Nc5ccn(CC(F)(F)F)n5)c(C#N)cnc34)c3ccc(Cl)cc3)nn2)CC1. The van der Waals surface area contributed by atoms with Gasteiger partial charge in [0, 0.05) is 52.5 Å². The Morgan fingerprint density at radius 3 is 2.44 bits per heavy atom. The highest BCUT2D eigenvalue weighted by Gasteiger charge is 2.30. The highest BCUT2D eigenvalue weighted by Crippen LogP contribution is 2.38. The molecule has 6 rings (SSSR count). The standard InChI is InChI=1S/C33H33Cl2F3N10/c1-32(2,3)46-11-8-24(9-12-46)48-18-27(43-45-48)30(20-4-6-22(34)7-5-20)41-26-15-23(35)14-25-29(21(16-39)17-40-31(25)26)42-28-10-13-47(44-28)19-33(36,37)38/h4-7,10,13-15,17-18,24,30,41H,8-9,11-12,19H2,1-3H3,(H,40,42,44)/t30-/m0/s1. The van der Waals surface area contributed by atoms with Crippen LogP contribution < -0.4 is 10.6 Å². The number of halogens is 5. The average molecular weight is 698 g/mol. The van der Waals surface area contributed by atoms with E-state index < -0.39 is 18.8 Å². The molecule has 2 N–H and O–H groups in total. The molecule has 1 aliphatic rings. The van der Waals surface area contributed by atoms with Crippen LogP contribution in [0.25, 0.3) is 10.9 Å². The molecule has 1 saturated heterocycles. The first kappa shape index (κ1) is 33.5. The second-order valence-electron chi connectivity index (χ2n) is 12.8. The van der Waals surface area contributed by atoms with E-state index in [1.54, 1.807) is 24.3 Å². The summed E-state index contributed by atoms with van der Waals surface area (Å²) in [6, 6.07) is 14.0. The molecule has 0 saturated carbocycles. The Morgan fingerprint density at radius 1 is 1.04 bits per heavy atom. The minimum Gasteiger partial charge on any atom is -0.371 e. The van der Waals surface area contributed by atoms with Gasteiger partial charge in [-0.25, -0.2) is 4.68 Å². The van der Waals surface area contributed by atoms with Crippen LogP contribution in [-0.2, 0) is 6.54 Å². The lowest BCUT2D eigenvalue weighted by Gasteiger charge is -2.40. The molecule has 0 bridgehead atoms. The predicted octanol–water partition coefficient (Wildman–Crippen LogP) is 8.14. The number of anilines is 3. The maximum Gasteiger partial charge on any atom is 0.408 e. The summed E-state index contributed by atoms with van der Waals surface area (Å²) in [5.74, 6) is 0.127. The van der Waals surface area contributed by atoms with Crippen molar-refractivity contribution in [3.05, 3.63) is 87.9 Å². The lowest BCUT2D eigenvalue weighted by Crippen LogP contribution is -2.46. The summed E-state index contributed by atoms with van der Waals surface area (Å²) < 4.78 is 41.5. The number of hydrogen-bond donors (Lipinski definition) is 2. The molecule has 5 aromatic rings. The van der Waals surface area contributed by atoms with Crippen LogP contribution in [0, 0.1) is 11.3 Å². The van der Waals surface area contributed by atoms with E-state index in [2.05, 4.69) is 62.8 Å². The zero-order chi connectivity index (χ0) is 34.2. The van der Waals surface area contributed by atoms with Crippen molar-refractivity contribution < 1.29 is 13.2 Å². The van der Waals surface area contributed by atoms with Gasteiger partial charge in [-0.3, -0.25) is 14.6 Å². The zero-order valence-electron chi connectivity index (χ0n) is 26.4. The van der Waals surface area contributed by atoms with Crippen LogP contribution in [0.2, 0.25) is 10.0 Å². The Labute approximate surface area is 285 Å². The number of pyridine rings is 1. The van der Waals surface area contributed by atoms with E-state index in [1.165, 1.54) is 18.5 Å². The molecule has 250 valence electrons. The second-order valence-corrected chi connectivity index (χ2v) is 13.7. The van der Waals surface area contributed by atoms with Gasteiger partial charge >= 0.3 is 6.18 Å². The number of fused-ring (bicyclic) bond motifs is 1. The maximum absolute atomic E-state index is 12.9. The number of likely N-dealkylation sites (tertiary alicyclic amines) is 1. The summed E-state index contributed by atoms with van der Waals surface area (Å²) in [5.41, 5.74) is 3.12. The van der Waals surface area contributed by atoms with Gasteiger partial charge in [-0.05, 0) is 63.4 Å². The first-order valence-corrected chi connectivity index (χ1v) is 16.1. The van der Waals surface area contributed by atoms with Gasteiger partial charge < -0.3 is 10.6 Å². The molecule has 2 aromatic carbocycles. The van der Waals surface area contributed by atoms with Gasteiger partial charge in [-0.2, -0.15) is 23.5 Å². The number of aromatic nitrogens is 6. The molecule has 0 radical (unpaired) electrons. The van der Waals surface area contributed by atoms with Crippen molar-refractivity contribution in [2.45, 2.75) is 64.0 Å². The number of alkyl halides is 3. The van der Waals surface area contributed by atoms with Crippen LogP contribution in [0.5, 0.6) is 0 Å². The fraction of sp³-hybridized carbons (Fsp3) is 0.364. The van der Waals surface area contributed by atoms with Crippen LogP contribution in [0.3, 0.4) is 0 Å². The fourth-order valence-electron chi connectivity index (χ4n) is 5.97. The smallest absolute Gasteiger partial charge is 0.371 e. The van der Waals surface area contributed by atoms with Crippen molar-refractivity contribution >= 4 is 51.3 Å². The molecule has 0 unspecified atom stereocenters. The Balaban J connectivity index is 1.35. The Kier molecular flexibility index (Phi) is 9.26. The third-order valence-electron chi connectivity index (χ3n) is 8.41. The second kappa shape index (κ2) is 13.3. The molecule has 0 amide bonds. The first-order valence-electron chi connectivity index (χ1n) is 15.4. The fourth-order valence-corrected chi connectivity index (χ4v) is 6.31. The summed E-state index contributed by atoms with van der Waals surface area (Å²) in [6.45, 7) is 7.36. The van der Waals surface area contributed by atoms with Gasteiger partial charge in [0.1, 0.15) is 18.3 Å². The maximum atomic E-state index is 12.9. The minimum absolute atomic E-state index is 0.105. The van der Waals surface area contributed by atoms with E-state index in [1.807, 2.05) is 23.0 Å². The van der Waals surface area contributed by atoms with Crippen LogP contribution >= 0.6 is 23.2 Å². The van der Waals surface area contributed by atoms with E-state index in [0.29, 0.717) is 38.0 Å². The van der Waals surface area contributed by atoms with Crippen molar-refractivity contribution in [1.82, 2.24) is 34.7 Å². The molecule has 4 heterocycles. The number of nitrogens with one attached hydrogen (secondary N) is 2. The summed E-state index contributed by atoms with van der Waals surface area (Å²) in [5, 5.41) is 31.0. The van der Waals surface area contributed by atoms with Gasteiger partial charge in [-0.1, -0.05) is 40.5 Å². The Morgan fingerprint density at radius 2 is 1.77 bits per heavy atom. The number of hydrogen-bond acceptors (Lipinski definition) is 8. The largest absolute Gasteiger partial charge is 0.408 e. The van der Waals surface area contributed by atoms with Crippen LogP contribution in [-0.4, -0.2) is 59.5 Å². The quantitative estimate of drug-likeness (QED) is 0.167. The number of benzene rings is 2. The molecular formula is C33H33Cl2F3N10. The molecule has 3 aromatic heterocycles. The van der Waals surface area contributed by atoms with E-state index in [4.69, 9.17) is 23.2 Å². The Bertz CT molecular complexity index is 1950.